The lowest BCUT2D eigenvalue weighted by molar-refractivity contribution is 0.0989. The zero-order valence-electron chi connectivity index (χ0n) is 11.9. The fourth-order valence-electron chi connectivity index (χ4n) is 2.76. The van der Waals surface area contributed by atoms with Crippen molar-refractivity contribution in [1.82, 2.24) is 0 Å². The quantitative estimate of drug-likeness (QED) is 0.791. The van der Waals surface area contributed by atoms with Crippen molar-refractivity contribution in [2.45, 2.75) is 30.6 Å². The van der Waals surface area contributed by atoms with E-state index in [4.69, 9.17) is 0 Å². The fraction of sp³-hybridized carbons (Fsp3) is 0.278. The van der Waals surface area contributed by atoms with Crippen LogP contribution in [-0.4, -0.2) is 15.7 Å². The average molecular weight is 298 g/mol. The zero-order chi connectivity index (χ0) is 14.7. The lowest BCUT2D eigenvalue weighted by Crippen LogP contribution is -2.06. The minimum Gasteiger partial charge on any atom is -0.294 e. The zero-order valence-corrected chi connectivity index (χ0v) is 12.7. The molecule has 0 saturated heterocycles. The molecule has 21 heavy (non-hydrogen) atoms. The summed E-state index contributed by atoms with van der Waals surface area (Å²) in [5.74, 6) is 0.456. The molecule has 108 valence electrons. The first-order valence-corrected chi connectivity index (χ1v) is 8.64. The first-order valence-electron chi connectivity index (χ1n) is 7.32. The van der Waals surface area contributed by atoms with Crippen LogP contribution in [0.2, 0.25) is 0 Å². The number of Topliss-reactive ketones (excluding diaryl/α,β-unsaturated/α-hetero) is 1. The van der Waals surface area contributed by atoms with Gasteiger partial charge in [-0.25, -0.2) is 0 Å². The summed E-state index contributed by atoms with van der Waals surface area (Å²) in [7, 11) is -1.09. The summed E-state index contributed by atoms with van der Waals surface area (Å²) in [6.45, 7) is 0. The Morgan fingerprint density at radius 1 is 1.00 bits per heavy atom. The van der Waals surface area contributed by atoms with Crippen molar-refractivity contribution in [2.24, 2.45) is 0 Å². The summed E-state index contributed by atoms with van der Waals surface area (Å²) in [5, 5.41) is 0. The highest BCUT2D eigenvalue weighted by Crippen LogP contribution is 2.24. The summed E-state index contributed by atoms with van der Waals surface area (Å²) >= 11 is 0. The van der Waals surface area contributed by atoms with Gasteiger partial charge in [0, 0.05) is 22.6 Å². The molecule has 0 heterocycles. The van der Waals surface area contributed by atoms with Crippen molar-refractivity contribution in [3.05, 3.63) is 65.2 Å². The third-order valence-corrected chi connectivity index (χ3v) is 5.30. The van der Waals surface area contributed by atoms with Crippen molar-refractivity contribution in [2.75, 3.05) is 5.75 Å². The monoisotopic (exact) mass is 298 g/mol. The third-order valence-electron chi connectivity index (χ3n) is 3.94. The molecule has 0 radical (unpaired) electrons. The van der Waals surface area contributed by atoms with Gasteiger partial charge in [-0.3, -0.25) is 9.00 Å². The van der Waals surface area contributed by atoms with E-state index < -0.39 is 10.8 Å². The Morgan fingerprint density at radius 3 is 2.57 bits per heavy atom. The highest BCUT2D eigenvalue weighted by Gasteiger charge is 2.14. The van der Waals surface area contributed by atoms with Gasteiger partial charge in [-0.05, 0) is 42.5 Å². The number of ketones is 1. The molecule has 2 aromatic rings. The molecule has 1 atom stereocenters. The highest BCUT2D eigenvalue weighted by molar-refractivity contribution is 7.85. The Balaban J connectivity index is 1.63. The van der Waals surface area contributed by atoms with Gasteiger partial charge >= 0.3 is 0 Å². The smallest absolute Gasteiger partial charge is 0.163 e. The van der Waals surface area contributed by atoms with Crippen molar-refractivity contribution >= 4 is 16.6 Å². The Morgan fingerprint density at radius 2 is 1.76 bits per heavy atom. The number of hydrogen-bond donors (Lipinski definition) is 0. The molecule has 3 rings (SSSR count). The van der Waals surface area contributed by atoms with Gasteiger partial charge in [0.05, 0.1) is 10.8 Å². The molecular weight excluding hydrogens is 280 g/mol. The number of rotatable bonds is 5. The third kappa shape index (κ3) is 3.30. The first-order chi connectivity index (χ1) is 10.2. The number of aryl methyl sites for hydroxylation is 2. The predicted molar refractivity (Wildman–Crippen MR) is 85.1 cm³/mol. The minimum absolute atomic E-state index is 0.0603. The maximum Gasteiger partial charge on any atom is 0.163 e. The molecule has 0 bridgehead atoms. The van der Waals surface area contributed by atoms with Crippen molar-refractivity contribution in [3.8, 4) is 0 Å². The molecule has 3 heteroatoms. The molecule has 0 N–H and O–H groups in total. The number of hydrogen-bond acceptors (Lipinski definition) is 2. The summed E-state index contributed by atoms with van der Waals surface area (Å²) in [4.78, 5) is 12.9. The molecule has 1 aliphatic carbocycles. The SMILES string of the molecule is O=C(CCS(=O)c1ccc2c(c1)CCC2)c1ccccc1. The maximum atomic E-state index is 12.3. The van der Waals surface area contributed by atoms with E-state index in [0.717, 1.165) is 17.7 Å². The van der Waals surface area contributed by atoms with Gasteiger partial charge in [0.1, 0.15) is 0 Å². The minimum atomic E-state index is -1.09. The van der Waals surface area contributed by atoms with E-state index in [2.05, 4.69) is 12.1 Å². The van der Waals surface area contributed by atoms with Gasteiger partial charge in [-0.15, -0.1) is 0 Å². The highest BCUT2D eigenvalue weighted by atomic mass is 32.2. The van der Waals surface area contributed by atoms with Gasteiger partial charge in [0.25, 0.3) is 0 Å². The number of benzene rings is 2. The molecule has 0 spiro atoms. The summed E-state index contributed by atoms with van der Waals surface area (Å²) in [5.41, 5.74) is 3.41. The predicted octanol–water partition coefficient (Wildman–Crippen LogP) is 3.56. The molecule has 0 amide bonds. The normalized spacial score (nSPS) is 14.7. The molecule has 2 nitrogen and oxygen atoms in total. The van der Waals surface area contributed by atoms with E-state index in [9.17, 15) is 9.00 Å². The van der Waals surface area contributed by atoms with Crippen LogP contribution >= 0.6 is 0 Å². The number of carbonyl (C=O) groups is 1. The molecule has 0 saturated carbocycles. The Hall–Kier alpha value is -1.74. The van der Waals surface area contributed by atoms with Crippen LogP contribution in [0.4, 0.5) is 0 Å². The summed E-state index contributed by atoms with van der Waals surface area (Å²) in [6.07, 6.45) is 3.74. The summed E-state index contributed by atoms with van der Waals surface area (Å²) < 4.78 is 12.3. The largest absolute Gasteiger partial charge is 0.294 e. The average Bonchev–Trinajstić information content (AvgIpc) is 3.00. The van der Waals surface area contributed by atoms with E-state index in [1.54, 1.807) is 12.1 Å². The van der Waals surface area contributed by atoms with Crippen molar-refractivity contribution in [1.29, 1.82) is 0 Å². The van der Waals surface area contributed by atoms with Crippen molar-refractivity contribution in [3.63, 3.8) is 0 Å². The van der Waals surface area contributed by atoms with Gasteiger partial charge in [0.2, 0.25) is 0 Å². The van der Waals surface area contributed by atoms with E-state index in [1.165, 1.54) is 17.5 Å². The first kappa shape index (κ1) is 14.2. The molecule has 1 unspecified atom stereocenters. The van der Waals surface area contributed by atoms with Gasteiger partial charge < -0.3 is 0 Å². The second-order valence-corrected chi connectivity index (χ2v) is 6.94. The van der Waals surface area contributed by atoms with E-state index in [-0.39, 0.29) is 5.78 Å². The second-order valence-electron chi connectivity index (χ2n) is 5.37. The molecule has 2 aromatic carbocycles. The topological polar surface area (TPSA) is 34.1 Å². The number of carbonyl (C=O) groups excluding carboxylic acids is 1. The van der Waals surface area contributed by atoms with Gasteiger partial charge in [-0.1, -0.05) is 36.4 Å². The van der Waals surface area contributed by atoms with Crippen LogP contribution < -0.4 is 0 Å². The lowest BCUT2D eigenvalue weighted by atomic mass is 10.1. The Kier molecular flexibility index (Phi) is 4.30. The number of fused-ring (bicyclic) bond motifs is 1. The van der Waals surface area contributed by atoms with Crippen LogP contribution in [0.15, 0.2) is 53.4 Å². The molecular formula is C18H18O2S. The van der Waals surface area contributed by atoms with Crippen LogP contribution in [-0.2, 0) is 23.6 Å². The van der Waals surface area contributed by atoms with E-state index >= 15 is 0 Å². The van der Waals surface area contributed by atoms with Crippen LogP contribution in [0.25, 0.3) is 0 Å². The maximum absolute atomic E-state index is 12.3. The lowest BCUT2D eigenvalue weighted by Gasteiger charge is -2.05. The Bertz CT molecular complexity index is 677. The molecule has 0 aromatic heterocycles. The van der Waals surface area contributed by atoms with Gasteiger partial charge in [-0.2, -0.15) is 0 Å². The molecule has 1 aliphatic rings. The van der Waals surface area contributed by atoms with E-state index in [0.29, 0.717) is 17.7 Å². The second kappa shape index (κ2) is 6.35. The van der Waals surface area contributed by atoms with Crippen LogP contribution in [0.1, 0.15) is 34.3 Å². The van der Waals surface area contributed by atoms with E-state index in [1.807, 2.05) is 24.3 Å². The standard InChI is InChI=1S/C18H18O2S/c19-18(15-5-2-1-3-6-15)11-12-21(20)17-10-9-14-7-4-8-16(14)13-17/h1-3,5-6,9-10,13H,4,7-8,11-12H2. The van der Waals surface area contributed by atoms with Gasteiger partial charge in [0.15, 0.2) is 5.78 Å². The van der Waals surface area contributed by atoms with Crippen LogP contribution in [0.3, 0.4) is 0 Å². The summed E-state index contributed by atoms with van der Waals surface area (Å²) in [6, 6.07) is 15.3. The van der Waals surface area contributed by atoms with Crippen molar-refractivity contribution < 1.29 is 9.00 Å². The Labute approximate surface area is 127 Å². The van der Waals surface area contributed by atoms with Crippen LogP contribution in [0, 0.1) is 0 Å². The molecule has 0 aliphatic heterocycles. The fourth-order valence-corrected chi connectivity index (χ4v) is 3.86. The van der Waals surface area contributed by atoms with Crippen LogP contribution in [0.5, 0.6) is 0 Å². The molecule has 0 fully saturated rings.